The van der Waals surface area contributed by atoms with Crippen LogP contribution in [0.5, 0.6) is 5.75 Å². The van der Waals surface area contributed by atoms with Crippen molar-refractivity contribution in [1.29, 1.82) is 0 Å². The van der Waals surface area contributed by atoms with Gasteiger partial charge in [0, 0.05) is 5.92 Å². The lowest BCUT2D eigenvalue weighted by Gasteiger charge is -2.24. The number of furan rings is 1. The molecule has 0 aliphatic rings. The fourth-order valence-corrected chi connectivity index (χ4v) is 2.47. The molecule has 2 rings (SSSR count). The van der Waals surface area contributed by atoms with Gasteiger partial charge in [-0.15, -0.1) is 0 Å². The number of carboxylic acid groups (broad SMARTS) is 1. The number of benzene rings is 1. The minimum Gasteiger partial charge on any atom is -0.497 e. The first kappa shape index (κ1) is 16.6. The zero-order valence-electron chi connectivity index (χ0n) is 13.0. The van der Waals surface area contributed by atoms with Crippen LogP contribution < -0.4 is 10.1 Å². The first-order valence-corrected chi connectivity index (χ1v) is 7.28. The number of carbonyl (C=O) groups is 2. The van der Waals surface area contributed by atoms with Crippen LogP contribution >= 0.6 is 0 Å². The summed E-state index contributed by atoms with van der Waals surface area (Å²) >= 11 is 0. The van der Waals surface area contributed by atoms with Gasteiger partial charge in [-0.1, -0.05) is 19.1 Å². The third-order valence-electron chi connectivity index (χ3n) is 3.68. The SMILES string of the molecule is CCC(c1ccc(OC)cc1)C(NC(=O)c1ccco1)C(=O)O. The van der Waals surface area contributed by atoms with Crippen molar-refractivity contribution in [3.05, 3.63) is 54.0 Å². The average molecular weight is 317 g/mol. The Morgan fingerprint density at radius 1 is 1.26 bits per heavy atom. The highest BCUT2D eigenvalue weighted by Gasteiger charge is 2.30. The lowest BCUT2D eigenvalue weighted by Crippen LogP contribution is -2.44. The number of carboxylic acids is 1. The second-order valence-corrected chi connectivity index (χ2v) is 5.05. The zero-order valence-corrected chi connectivity index (χ0v) is 13.0. The van der Waals surface area contributed by atoms with Gasteiger partial charge in [-0.25, -0.2) is 4.79 Å². The van der Waals surface area contributed by atoms with E-state index in [1.165, 1.54) is 12.3 Å². The number of amides is 1. The molecule has 23 heavy (non-hydrogen) atoms. The van der Waals surface area contributed by atoms with Crippen LogP contribution in [-0.2, 0) is 4.79 Å². The van der Waals surface area contributed by atoms with Gasteiger partial charge in [0.15, 0.2) is 5.76 Å². The van der Waals surface area contributed by atoms with Gasteiger partial charge in [-0.2, -0.15) is 0 Å². The normalized spacial score (nSPS) is 13.1. The van der Waals surface area contributed by atoms with Crippen molar-refractivity contribution in [1.82, 2.24) is 5.32 Å². The summed E-state index contributed by atoms with van der Waals surface area (Å²) in [4.78, 5) is 23.7. The van der Waals surface area contributed by atoms with Crippen molar-refractivity contribution in [2.75, 3.05) is 7.11 Å². The smallest absolute Gasteiger partial charge is 0.326 e. The van der Waals surface area contributed by atoms with Crippen LogP contribution in [0.4, 0.5) is 0 Å². The van der Waals surface area contributed by atoms with E-state index in [9.17, 15) is 14.7 Å². The van der Waals surface area contributed by atoms with Crippen molar-refractivity contribution in [3.63, 3.8) is 0 Å². The molecule has 1 aromatic heterocycles. The predicted molar refractivity (Wildman–Crippen MR) is 83.6 cm³/mol. The molecule has 2 atom stereocenters. The van der Waals surface area contributed by atoms with E-state index in [0.29, 0.717) is 12.2 Å². The predicted octanol–water partition coefficient (Wildman–Crippen LogP) is 2.67. The van der Waals surface area contributed by atoms with Crippen molar-refractivity contribution in [3.8, 4) is 5.75 Å². The van der Waals surface area contributed by atoms with E-state index in [1.807, 2.05) is 19.1 Å². The third kappa shape index (κ3) is 3.91. The van der Waals surface area contributed by atoms with Crippen molar-refractivity contribution in [2.45, 2.75) is 25.3 Å². The van der Waals surface area contributed by atoms with Crippen LogP contribution in [0.2, 0.25) is 0 Å². The summed E-state index contributed by atoms with van der Waals surface area (Å²) in [6, 6.07) is 9.17. The topological polar surface area (TPSA) is 88.8 Å². The summed E-state index contributed by atoms with van der Waals surface area (Å²) in [6.07, 6.45) is 1.92. The molecule has 0 fully saturated rings. The first-order valence-electron chi connectivity index (χ1n) is 7.28. The van der Waals surface area contributed by atoms with Gasteiger partial charge in [-0.05, 0) is 36.2 Å². The van der Waals surface area contributed by atoms with E-state index in [0.717, 1.165) is 5.56 Å². The number of nitrogens with one attached hydrogen (secondary N) is 1. The lowest BCUT2D eigenvalue weighted by atomic mass is 9.89. The molecule has 0 spiro atoms. The summed E-state index contributed by atoms with van der Waals surface area (Å²) in [6.45, 7) is 1.88. The molecule has 0 saturated heterocycles. The second kappa shape index (κ2) is 7.49. The number of hydrogen-bond donors (Lipinski definition) is 2. The third-order valence-corrected chi connectivity index (χ3v) is 3.68. The van der Waals surface area contributed by atoms with Crippen LogP contribution in [0.15, 0.2) is 47.1 Å². The van der Waals surface area contributed by atoms with Crippen LogP contribution in [0.25, 0.3) is 0 Å². The number of hydrogen-bond acceptors (Lipinski definition) is 4. The largest absolute Gasteiger partial charge is 0.497 e. The fourth-order valence-electron chi connectivity index (χ4n) is 2.47. The highest BCUT2D eigenvalue weighted by atomic mass is 16.5. The van der Waals surface area contributed by atoms with E-state index in [1.54, 1.807) is 25.3 Å². The number of aliphatic carboxylic acids is 1. The molecule has 0 aliphatic heterocycles. The molecule has 0 radical (unpaired) electrons. The maximum absolute atomic E-state index is 12.1. The second-order valence-electron chi connectivity index (χ2n) is 5.05. The minimum absolute atomic E-state index is 0.0841. The number of rotatable bonds is 7. The quantitative estimate of drug-likeness (QED) is 0.819. The standard InChI is InChI=1S/C17H19NO5/c1-3-13(11-6-8-12(22-2)9-7-11)15(17(20)21)18-16(19)14-5-4-10-23-14/h4-10,13,15H,3H2,1-2H3,(H,18,19)(H,20,21). The minimum atomic E-state index is -1.09. The van der Waals surface area contributed by atoms with Gasteiger partial charge < -0.3 is 19.6 Å². The Balaban J connectivity index is 2.22. The molecule has 0 aliphatic carbocycles. The molecule has 0 bridgehead atoms. The van der Waals surface area contributed by atoms with Gasteiger partial charge in [-0.3, -0.25) is 4.79 Å². The van der Waals surface area contributed by atoms with Gasteiger partial charge >= 0.3 is 5.97 Å². The van der Waals surface area contributed by atoms with Crippen LogP contribution in [0.3, 0.4) is 0 Å². The lowest BCUT2D eigenvalue weighted by molar-refractivity contribution is -0.139. The van der Waals surface area contributed by atoms with Gasteiger partial charge in [0.2, 0.25) is 0 Å². The van der Waals surface area contributed by atoms with E-state index in [2.05, 4.69) is 5.32 Å². The summed E-state index contributed by atoms with van der Waals surface area (Å²) < 4.78 is 10.1. The van der Waals surface area contributed by atoms with Crippen LogP contribution in [-0.4, -0.2) is 30.1 Å². The highest BCUT2D eigenvalue weighted by molar-refractivity contribution is 5.94. The fraction of sp³-hybridized carbons (Fsp3) is 0.294. The Labute approximate surface area is 134 Å². The maximum Gasteiger partial charge on any atom is 0.326 e. The van der Waals surface area contributed by atoms with Crippen molar-refractivity contribution in [2.24, 2.45) is 0 Å². The molecule has 1 amide bonds. The summed E-state index contributed by atoms with van der Waals surface area (Å²) in [7, 11) is 1.57. The average Bonchev–Trinajstić information content (AvgIpc) is 3.09. The molecule has 2 aromatic rings. The molecule has 2 N–H and O–H groups in total. The Bertz CT molecular complexity index is 648. The van der Waals surface area contributed by atoms with Crippen molar-refractivity contribution >= 4 is 11.9 Å². The molecular formula is C17H19NO5. The van der Waals surface area contributed by atoms with E-state index >= 15 is 0 Å². The first-order chi connectivity index (χ1) is 11.1. The Kier molecular flexibility index (Phi) is 5.41. The molecule has 1 aromatic carbocycles. The number of methoxy groups -OCH3 is 1. The summed E-state index contributed by atoms with van der Waals surface area (Å²) in [5.74, 6) is -1.23. The molecule has 122 valence electrons. The zero-order chi connectivity index (χ0) is 16.8. The maximum atomic E-state index is 12.1. The number of carbonyl (C=O) groups excluding carboxylic acids is 1. The van der Waals surface area contributed by atoms with Crippen molar-refractivity contribution < 1.29 is 23.8 Å². The van der Waals surface area contributed by atoms with Gasteiger partial charge in [0.25, 0.3) is 5.91 Å². The van der Waals surface area contributed by atoms with Gasteiger partial charge in [0.05, 0.1) is 13.4 Å². The molecule has 2 unspecified atom stereocenters. The molecule has 6 heteroatoms. The summed E-state index contributed by atoms with van der Waals surface area (Å²) in [5.41, 5.74) is 0.820. The molecular weight excluding hydrogens is 298 g/mol. The summed E-state index contributed by atoms with van der Waals surface area (Å²) in [5, 5.41) is 12.0. The highest BCUT2D eigenvalue weighted by Crippen LogP contribution is 2.26. The van der Waals surface area contributed by atoms with E-state index in [4.69, 9.17) is 9.15 Å². The van der Waals surface area contributed by atoms with Crippen LogP contribution in [0, 0.1) is 0 Å². The Morgan fingerprint density at radius 3 is 2.43 bits per heavy atom. The van der Waals surface area contributed by atoms with E-state index in [-0.39, 0.29) is 11.7 Å². The monoisotopic (exact) mass is 317 g/mol. The van der Waals surface area contributed by atoms with E-state index < -0.39 is 17.9 Å². The molecule has 0 saturated carbocycles. The Hall–Kier alpha value is -2.76. The molecule has 6 nitrogen and oxygen atoms in total. The molecule has 1 heterocycles. The van der Waals surface area contributed by atoms with Gasteiger partial charge in [0.1, 0.15) is 11.8 Å². The number of ether oxygens (including phenoxy) is 1. The van der Waals surface area contributed by atoms with Crippen LogP contribution in [0.1, 0.15) is 35.4 Å². The Morgan fingerprint density at radius 2 is 1.96 bits per heavy atom.